The molecular formula is C12H3F21. The summed E-state index contributed by atoms with van der Waals surface area (Å²) in [6.07, 6.45) is -9.64. The van der Waals surface area contributed by atoms with Crippen molar-refractivity contribution < 1.29 is 92.2 Å². The van der Waals surface area contributed by atoms with Crippen LogP contribution in [-0.2, 0) is 0 Å². The Bertz CT molecular complexity index is 737. The molecule has 0 rings (SSSR count). The smallest absolute Gasteiger partial charge is 0.195 e. The minimum absolute atomic E-state index is 1.65. The predicted molar refractivity (Wildman–Crippen MR) is 60.8 cm³/mol. The van der Waals surface area contributed by atoms with Crippen LogP contribution in [0, 0.1) is 0 Å². The highest BCUT2D eigenvalue weighted by molar-refractivity contribution is 5.19. The lowest BCUT2D eigenvalue weighted by Gasteiger charge is -2.44. The first-order valence-corrected chi connectivity index (χ1v) is 6.92. The molecule has 0 saturated heterocycles. The zero-order chi connectivity index (χ0) is 27.7. The highest BCUT2D eigenvalue weighted by Gasteiger charge is 2.97. The molecule has 0 fully saturated rings. The lowest BCUT2D eigenvalue weighted by atomic mass is 9.86. The van der Waals surface area contributed by atoms with Crippen LogP contribution in [0.1, 0.15) is 0 Å². The van der Waals surface area contributed by atoms with Crippen LogP contribution in [0.2, 0.25) is 0 Å². The monoisotopic (exact) mass is 546 g/mol. The Morgan fingerprint density at radius 2 is 0.485 bits per heavy atom. The minimum atomic E-state index is -9.15. The molecule has 21 heteroatoms. The number of hydrogen-bond donors (Lipinski definition) is 0. The lowest BCUT2D eigenvalue weighted by Crippen LogP contribution is -2.76. The molecule has 0 aromatic heterocycles. The van der Waals surface area contributed by atoms with Gasteiger partial charge in [0.15, 0.2) is 0 Å². The van der Waals surface area contributed by atoms with Crippen LogP contribution in [0.3, 0.4) is 0 Å². The molecule has 0 bridgehead atoms. The predicted octanol–water partition coefficient (Wildman–Crippen LogP) is 7.45. The number of allylic oxidation sites excluding steroid dienone is 1. The van der Waals surface area contributed by atoms with E-state index in [0.717, 1.165) is 0 Å². The van der Waals surface area contributed by atoms with E-state index >= 15 is 0 Å². The van der Waals surface area contributed by atoms with E-state index in [-0.39, 0.29) is 0 Å². The average molecular weight is 546 g/mol. The Labute approximate surface area is 166 Å². The van der Waals surface area contributed by atoms with Crippen LogP contribution >= 0.6 is 0 Å². The summed E-state index contributed by atoms with van der Waals surface area (Å²) in [5.41, 5.74) is 0. The standard InChI is InChI=1S/C12H3F21/c1-2-3(13,14)4(15,16)5(17,18)6(19,20)7(21,22)8(23,24)9(25,26)10(27,28)11(29,30)12(31,32)33/h2H,1H2. The van der Waals surface area contributed by atoms with Crippen LogP contribution in [0.25, 0.3) is 0 Å². The van der Waals surface area contributed by atoms with Crippen molar-refractivity contribution in [2.45, 2.75) is 59.5 Å². The molecule has 198 valence electrons. The molecular weight excluding hydrogens is 543 g/mol. The van der Waals surface area contributed by atoms with Gasteiger partial charge in [-0.25, -0.2) is 0 Å². The van der Waals surface area contributed by atoms with Gasteiger partial charge in [-0.15, -0.1) is 0 Å². The first-order valence-electron chi connectivity index (χ1n) is 6.92. The van der Waals surface area contributed by atoms with Crippen molar-refractivity contribution in [3.63, 3.8) is 0 Å². The maximum Gasteiger partial charge on any atom is 0.460 e. The molecule has 0 heterocycles. The Kier molecular flexibility index (Phi) is 7.00. The fraction of sp³-hybridized carbons (Fsp3) is 0.833. The van der Waals surface area contributed by atoms with Gasteiger partial charge in [-0.3, -0.25) is 0 Å². The molecule has 0 spiro atoms. The Hall–Kier alpha value is -1.73. The zero-order valence-corrected chi connectivity index (χ0v) is 14.2. The van der Waals surface area contributed by atoms with E-state index in [2.05, 4.69) is 0 Å². The SMILES string of the molecule is C=CC(F)(F)C(F)(F)C(F)(F)C(F)(F)C(F)(F)C(F)(F)C(F)(F)C(F)(F)C(F)(F)C(F)(F)F. The summed E-state index contributed by atoms with van der Waals surface area (Å²) in [4.78, 5) is 0. The van der Waals surface area contributed by atoms with Crippen LogP contribution in [0.15, 0.2) is 12.7 Å². The third kappa shape index (κ3) is 3.57. The summed E-state index contributed by atoms with van der Waals surface area (Å²) in [7, 11) is 0. The molecule has 0 nitrogen and oxygen atoms in total. The molecule has 0 N–H and O–H groups in total. The summed E-state index contributed by atoms with van der Waals surface area (Å²) < 4.78 is 270. The highest BCUT2D eigenvalue weighted by atomic mass is 19.4. The molecule has 0 aromatic rings. The normalized spacial score (nSPS) is 16.8. The molecule has 0 radical (unpaired) electrons. The van der Waals surface area contributed by atoms with Crippen molar-refractivity contribution in [3.05, 3.63) is 12.7 Å². The summed E-state index contributed by atoms with van der Waals surface area (Å²) in [6, 6.07) is 0. The van der Waals surface area contributed by atoms with Crippen LogP contribution < -0.4 is 0 Å². The number of rotatable bonds is 9. The third-order valence-electron chi connectivity index (χ3n) is 3.79. The maximum absolute atomic E-state index is 13.3. The Morgan fingerprint density at radius 3 is 0.667 bits per heavy atom. The molecule has 33 heavy (non-hydrogen) atoms. The van der Waals surface area contributed by atoms with Crippen LogP contribution in [0.5, 0.6) is 0 Å². The van der Waals surface area contributed by atoms with Crippen LogP contribution in [-0.4, -0.2) is 59.5 Å². The van der Waals surface area contributed by atoms with E-state index in [1.165, 1.54) is 0 Å². The molecule has 0 amide bonds. The zero-order valence-electron chi connectivity index (χ0n) is 14.2. The summed E-state index contributed by atoms with van der Waals surface area (Å²) in [5.74, 6) is -76.8. The molecule has 0 aliphatic rings. The van der Waals surface area contributed by atoms with Gasteiger partial charge in [0.1, 0.15) is 0 Å². The molecule has 0 saturated carbocycles. The molecule has 0 atom stereocenters. The second-order valence-electron chi connectivity index (χ2n) is 5.92. The van der Waals surface area contributed by atoms with Crippen LogP contribution in [0.4, 0.5) is 92.2 Å². The Balaban J connectivity index is 7.06. The quantitative estimate of drug-likeness (QED) is 0.208. The number of halogens is 21. The summed E-state index contributed by atoms with van der Waals surface area (Å²) in [6.45, 7) is 1.67. The fourth-order valence-electron chi connectivity index (χ4n) is 1.70. The van der Waals surface area contributed by atoms with Gasteiger partial charge in [0.05, 0.1) is 0 Å². The number of hydrogen-bond acceptors (Lipinski definition) is 0. The molecule has 0 aliphatic carbocycles. The minimum Gasteiger partial charge on any atom is -0.195 e. The van der Waals surface area contributed by atoms with Gasteiger partial charge in [-0.1, -0.05) is 6.58 Å². The number of alkyl halides is 21. The van der Waals surface area contributed by atoms with Crippen molar-refractivity contribution in [2.75, 3.05) is 0 Å². The van der Waals surface area contributed by atoms with Crippen molar-refractivity contribution in [1.82, 2.24) is 0 Å². The largest absolute Gasteiger partial charge is 0.460 e. The first-order chi connectivity index (χ1) is 13.8. The summed E-state index contributed by atoms with van der Waals surface area (Å²) >= 11 is 0. The van der Waals surface area contributed by atoms with Crippen molar-refractivity contribution in [3.8, 4) is 0 Å². The van der Waals surface area contributed by atoms with E-state index in [0.29, 0.717) is 0 Å². The second kappa shape index (κ2) is 7.38. The van der Waals surface area contributed by atoms with Crippen molar-refractivity contribution in [2.24, 2.45) is 0 Å². The first kappa shape index (κ1) is 31.3. The maximum atomic E-state index is 13.3. The fourth-order valence-corrected chi connectivity index (χ4v) is 1.70. The molecule has 0 unspecified atom stereocenters. The lowest BCUT2D eigenvalue weighted by molar-refractivity contribution is -0.473. The van der Waals surface area contributed by atoms with E-state index in [9.17, 15) is 92.2 Å². The summed E-state index contributed by atoms with van der Waals surface area (Å²) in [5, 5.41) is 0. The topological polar surface area (TPSA) is 0 Å². The van der Waals surface area contributed by atoms with Gasteiger partial charge in [-0.05, 0) is 6.08 Å². The van der Waals surface area contributed by atoms with Gasteiger partial charge < -0.3 is 0 Å². The van der Waals surface area contributed by atoms with Gasteiger partial charge >= 0.3 is 59.5 Å². The van der Waals surface area contributed by atoms with E-state index in [4.69, 9.17) is 0 Å². The van der Waals surface area contributed by atoms with Gasteiger partial charge in [0, 0.05) is 0 Å². The average Bonchev–Trinajstić information content (AvgIpc) is 2.59. The molecule has 0 aliphatic heterocycles. The van der Waals surface area contributed by atoms with Gasteiger partial charge in [0.2, 0.25) is 0 Å². The van der Waals surface area contributed by atoms with Gasteiger partial charge in [-0.2, -0.15) is 92.2 Å². The third-order valence-corrected chi connectivity index (χ3v) is 3.79. The van der Waals surface area contributed by atoms with E-state index in [1.807, 2.05) is 0 Å². The van der Waals surface area contributed by atoms with E-state index < -0.39 is 65.6 Å². The van der Waals surface area contributed by atoms with Crippen molar-refractivity contribution in [1.29, 1.82) is 0 Å². The second-order valence-corrected chi connectivity index (χ2v) is 5.92. The highest BCUT2D eigenvalue weighted by Crippen LogP contribution is 2.66. The molecule has 0 aromatic carbocycles. The van der Waals surface area contributed by atoms with Crippen molar-refractivity contribution >= 4 is 0 Å². The van der Waals surface area contributed by atoms with Gasteiger partial charge in [0.25, 0.3) is 0 Å². The van der Waals surface area contributed by atoms with E-state index in [1.54, 1.807) is 6.58 Å². The Morgan fingerprint density at radius 1 is 0.303 bits per heavy atom.